The Morgan fingerprint density at radius 3 is 2.96 bits per heavy atom. The van der Waals surface area contributed by atoms with E-state index in [9.17, 15) is 4.79 Å². The van der Waals surface area contributed by atoms with E-state index in [0.29, 0.717) is 18.9 Å². The maximum Gasteiger partial charge on any atom is 0.318 e. The summed E-state index contributed by atoms with van der Waals surface area (Å²) in [5.41, 5.74) is 2.67. The second-order valence-corrected chi connectivity index (χ2v) is 6.87. The molecule has 7 heteroatoms. The monoisotopic (exact) mass is 341 g/mol. The standard InChI is InChI=1S/C18H23N5O2/c1-3-15-20-16(22-21-15)9-19-17(24)23-10-12-4-5-13(25-2)8-14(12)18(11-23)6-7-18/h4-5,8H,3,6-7,9-11H2,1-2H3,(H,19,24)(H,20,21,22). The molecular formula is C18H23N5O2. The lowest BCUT2D eigenvalue weighted by atomic mass is 9.87. The van der Waals surface area contributed by atoms with Gasteiger partial charge in [-0.05, 0) is 36.1 Å². The third-order valence-electron chi connectivity index (χ3n) is 5.19. The number of ether oxygens (including phenoxy) is 1. The minimum atomic E-state index is -0.0535. The van der Waals surface area contributed by atoms with Crippen molar-refractivity contribution in [2.75, 3.05) is 13.7 Å². The molecule has 0 atom stereocenters. The van der Waals surface area contributed by atoms with Gasteiger partial charge in [0.2, 0.25) is 0 Å². The molecule has 1 aromatic heterocycles. The van der Waals surface area contributed by atoms with Crippen LogP contribution in [0.2, 0.25) is 0 Å². The zero-order valence-electron chi connectivity index (χ0n) is 14.6. The Kier molecular flexibility index (Phi) is 3.86. The van der Waals surface area contributed by atoms with E-state index in [1.165, 1.54) is 11.1 Å². The first-order valence-corrected chi connectivity index (χ1v) is 8.74. The maximum absolute atomic E-state index is 12.6. The average Bonchev–Trinajstić information content (AvgIpc) is 3.25. The summed E-state index contributed by atoms with van der Waals surface area (Å²) in [6, 6.07) is 6.13. The molecule has 0 saturated heterocycles. The molecule has 1 aliphatic heterocycles. The van der Waals surface area contributed by atoms with Gasteiger partial charge in [0.25, 0.3) is 0 Å². The van der Waals surface area contributed by atoms with Gasteiger partial charge in [-0.15, -0.1) is 0 Å². The van der Waals surface area contributed by atoms with Gasteiger partial charge in [0.1, 0.15) is 11.6 Å². The van der Waals surface area contributed by atoms with Crippen LogP contribution in [0.3, 0.4) is 0 Å². The lowest BCUT2D eigenvalue weighted by molar-refractivity contribution is 0.182. The predicted molar refractivity (Wildman–Crippen MR) is 92.3 cm³/mol. The SMILES string of the molecule is CCc1n[nH]c(CNC(=O)N2Cc3ccc(OC)cc3C3(CC3)C2)n1. The van der Waals surface area contributed by atoms with Gasteiger partial charge < -0.3 is 15.0 Å². The number of carbonyl (C=O) groups is 1. The molecule has 1 fully saturated rings. The Morgan fingerprint density at radius 1 is 1.44 bits per heavy atom. The molecule has 2 amide bonds. The van der Waals surface area contributed by atoms with Crippen molar-refractivity contribution in [2.24, 2.45) is 0 Å². The zero-order chi connectivity index (χ0) is 17.4. The van der Waals surface area contributed by atoms with Crippen molar-refractivity contribution >= 4 is 6.03 Å². The smallest absolute Gasteiger partial charge is 0.318 e. The van der Waals surface area contributed by atoms with Crippen LogP contribution < -0.4 is 10.1 Å². The summed E-state index contributed by atoms with van der Waals surface area (Å²) in [7, 11) is 1.69. The Hall–Kier alpha value is -2.57. The van der Waals surface area contributed by atoms with E-state index in [2.05, 4.69) is 32.6 Å². The number of nitrogens with one attached hydrogen (secondary N) is 2. The molecule has 2 aromatic rings. The highest BCUT2D eigenvalue weighted by Crippen LogP contribution is 2.53. The number of aromatic amines is 1. The number of amides is 2. The Balaban J connectivity index is 1.45. The van der Waals surface area contributed by atoms with E-state index in [1.807, 2.05) is 17.9 Å². The van der Waals surface area contributed by atoms with Crippen LogP contribution in [-0.4, -0.2) is 39.8 Å². The van der Waals surface area contributed by atoms with Crippen LogP contribution in [0.1, 0.15) is 42.5 Å². The van der Waals surface area contributed by atoms with Crippen molar-refractivity contribution in [3.8, 4) is 5.75 Å². The van der Waals surface area contributed by atoms with E-state index in [-0.39, 0.29) is 11.4 Å². The van der Waals surface area contributed by atoms with Crippen molar-refractivity contribution in [3.05, 3.63) is 41.0 Å². The Labute approximate surface area is 146 Å². The number of urea groups is 1. The number of fused-ring (bicyclic) bond motifs is 2. The average molecular weight is 341 g/mol. The second-order valence-electron chi connectivity index (χ2n) is 6.87. The van der Waals surface area contributed by atoms with Gasteiger partial charge in [0.05, 0.1) is 13.7 Å². The molecule has 1 aromatic carbocycles. The summed E-state index contributed by atoms with van der Waals surface area (Å²) in [5, 5.41) is 9.91. The molecule has 1 spiro atoms. The highest BCUT2D eigenvalue weighted by atomic mass is 16.5. The minimum absolute atomic E-state index is 0.0535. The summed E-state index contributed by atoms with van der Waals surface area (Å²) >= 11 is 0. The van der Waals surface area contributed by atoms with Crippen LogP contribution >= 0.6 is 0 Å². The predicted octanol–water partition coefficient (Wildman–Crippen LogP) is 2.13. The topological polar surface area (TPSA) is 83.1 Å². The third-order valence-corrected chi connectivity index (χ3v) is 5.19. The number of rotatable bonds is 4. The highest BCUT2D eigenvalue weighted by molar-refractivity contribution is 5.75. The lowest BCUT2D eigenvalue weighted by Crippen LogP contribution is -2.46. The van der Waals surface area contributed by atoms with Crippen LogP contribution in [0.4, 0.5) is 4.79 Å². The van der Waals surface area contributed by atoms with Gasteiger partial charge in [0, 0.05) is 24.9 Å². The fraction of sp³-hybridized carbons (Fsp3) is 0.500. The first-order valence-electron chi connectivity index (χ1n) is 8.74. The van der Waals surface area contributed by atoms with Crippen molar-refractivity contribution in [1.29, 1.82) is 0 Å². The maximum atomic E-state index is 12.6. The molecule has 4 rings (SSSR count). The van der Waals surface area contributed by atoms with Gasteiger partial charge in [0.15, 0.2) is 5.82 Å². The largest absolute Gasteiger partial charge is 0.497 e. The minimum Gasteiger partial charge on any atom is -0.497 e. The number of carbonyl (C=O) groups excluding carboxylic acids is 1. The van der Waals surface area contributed by atoms with Crippen LogP contribution in [0.25, 0.3) is 0 Å². The number of nitrogens with zero attached hydrogens (tertiary/aromatic N) is 3. The molecule has 2 aliphatic rings. The number of hydrogen-bond donors (Lipinski definition) is 2. The quantitative estimate of drug-likeness (QED) is 0.892. The second kappa shape index (κ2) is 6.06. The van der Waals surface area contributed by atoms with Crippen LogP contribution in [0.5, 0.6) is 5.75 Å². The summed E-state index contributed by atoms with van der Waals surface area (Å²) in [6.45, 7) is 3.75. The number of hydrogen-bond acceptors (Lipinski definition) is 4. The molecule has 132 valence electrons. The molecule has 2 N–H and O–H groups in total. The molecule has 0 unspecified atom stereocenters. The Bertz CT molecular complexity index is 797. The highest BCUT2D eigenvalue weighted by Gasteiger charge is 2.50. The van der Waals surface area contributed by atoms with E-state index >= 15 is 0 Å². The summed E-state index contributed by atoms with van der Waals surface area (Å²) in [4.78, 5) is 18.9. The van der Waals surface area contributed by atoms with Crippen molar-refractivity contribution < 1.29 is 9.53 Å². The molecule has 1 aliphatic carbocycles. The van der Waals surface area contributed by atoms with E-state index in [0.717, 1.165) is 37.4 Å². The van der Waals surface area contributed by atoms with Gasteiger partial charge >= 0.3 is 6.03 Å². The molecule has 0 bridgehead atoms. The van der Waals surface area contributed by atoms with E-state index in [4.69, 9.17) is 4.74 Å². The zero-order valence-corrected chi connectivity index (χ0v) is 14.6. The van der Waals surface area contributed by atoms with Crippen molar-refractivity contribution in [3.63, 3.8) is 0 Å². The fourth-order valence-electron chi connectivity index (χ4n) is 3.59. The summed E-state index contributed by atoms with van der Waals surface area (Å²) in [6.07, 6.45) is 3.02. The normalized spacial score (nSPS) is 17.3. The molecule has 2 heterocycles. The van der Waals surface area contributed by atoms with Crippen LogP contribution in [0.15, 0.2) is 18.2 Å². The van der Waals surface area contributed by atoms with Gasteiger partial charge in [-0.3, -0.25) is 5.10 Å². The van der Waals surface area contributed by atoms with Crippen molar-refractivity contribution in [1.82, 2.24) is 25.4 Å². The third kappa shape index (κ3) is 2.94. The molecule has 0 radical (unpaired) electrons. The van der Waals surface area contributed by atoms with Gasteiger partial charge in [-0.1, -0.05) is 13.0 Å². The molecule has 7 nitrogen and oxygen atoms in total. The van der Waals surface area contributed by atoms with Gasteiger partial charge in [-0.2, -0.15) is 5.10 Å². The lowest BCUT2D eigenvalue weighted by Gasteiger charge is -2.35. The number of benzene rings is 1. The fourth-order valence-corrected chi connectivity index (χ4v) is 3.59. The summed E-state index contributed by atoms with van der Waals surface area (Å²) in [5.74, 6) is 2.34. The summed E-state index contributed by atoms with van der Waals surface area (Å²) < 4.78 is 5.37. The number of H-pyrrole nitrogens is 1. The van der Waals surface area contributed by atoms with Crippen LogP contribution in [0, 0.1) is 0 Å². The van der Waals surface area contributed by atoms with E-state index in [1.54, 1.807) is 7.11 Å². The molecular weight excluding hydrogens is 318 g/mol. The van der Waals surface area contributed by atoms with Gasteiger partial charge in [-0.25, -0.2) is 9.78 Å². The molecule has 25 heavy (non-hydrogen) atoms. The first-order chi connectivity index (χ1) is 12.1. The number of aromatic nitrogens is 3. The van der Waals surface area contributed by atoms with E-state index < -0.39 is 0 Å². The molecule has 1 saturated carbocycles. The van der Waals surface area contributed by atoms with Crippen LogP contribution in [-0.2, 0) is 24.9 Å². The van der Waals surface area contributed by atoms with Crippen molar-refractivity contribution in [2.45, 2.75) is 44.7 Å². The first kappa shape index (κ1) is 15.9. The number of methoxy groups -OCH3 is 1. The number of aryl methyl sites for hydroxylation is 1. The Morgan fingerprint density at radius 2 is 2.28 bits per heavy atom.